The van der Waals surface area contributed by atoms with Gasteiger partial charge in [-0.1, -0.05) is 12.1 Å². The monoisotopic (exact) mass is 245 g/mol. The first-order valence-electron chi connectivity index (χ1n) is 4.30. The highest BCUT2D eigenvalue weighted by Gasteiger charge is 2.32. The van der Waals surface area contributed by atoms with Crippen molar-refractivity contribution in [1.29, 1.82) is 0 Å². The molecule has 0 amide bonds. The van der Waals surface area contributed by atoms with Gasteiger partial charge in [0.2, 0.25) is 0 Å². The van der Waals surface area contributed by atoms with E-state index in [9.17, 15) is 9.59 Å². The molecule has 0 aromatic heterocycles. The third-order valence-corrected chi connectivity index (χ3v) is 2.30. The maximum atomic E-state index is 11.6. The molecule has 0 saturated carbocycles. The number of para-hydroxylation sites is 1. The number of nitrogens with one attached hydrogen (secondary N) is 1. The first-order chi connectivity index (χ1) is 6.70. The van der Waals surface area contributed by atoms with Gasteiger partial charge in [0.05, 0.1) is 0 Å². The van der Waals surface area contributed by atoms with Crippen molar-refractivity contribution in [2.24, 2.45) is 5.92 Å². The van der Waals surface area contributed by atoms with Crippen molar-refractivity contribution in [3.8, 4) is 0 Å². The second-order valence-corrected chi connectivity index (χ2v) is 3.18. The average Bonchev–Trinajstić information content (AvgIpc) is 2.18. The molecule has 0 bridgehead atoms. The third kappa shape index (κ3) is 2.32. The smallest absolute Gasteiger partial charge is 0.316 e. The normalized spacial score (nSPS) is 17.2. The molecule has 88 valence electrons. The zero-order chi connectivity index (χ0) is 10.1. The highest BCUT2D eigenvalue weighted by molar-refractivity contribution is 6.12. The minimum Gasteiger partial charge on any atom is -0.481 e. The molecule has 2 rings (SSSR count). The highest BCUT2D eigenvalue weighted by Crippen LogP contribution is 2.24. The largest absolute Gasteiger partial charge is 0.481 e. The van der Waals surface area contributed by atoms with Crippen molar-refractivity contribution >= 4 is 29.8 Å². The van der Waals surface area contributed by atoms with Gasteiger partial charge in [0.25, 0.3) is 0 Å². The topological polar surface area (TPSA) is 97.9 Å². The molecule has 16 heavy (non-hydrogen) atoms. The zero-order valence-corrected chi connectivity index (χ0v) is 9.08. The number of carbonyl (C=O) groups excluding carboxylic acids is 1. The van der Waals surface area contributed by atoms with Crippen molar-refractivity contribution in [3.05, 3.63) is 29.8 Å². The molecule has 4 N–H and O–H groups in total. The van der Waals surface area contributed by atoms with E-state index in [0.29, 0.717) is 5.56 Å². The Hall–Kier alpha value is -1.59. The lowest BCUT2D eigenvalue weighted by Gasteiger charge is -2.21. The van der Waals surface area contributed by atoms with Crippen LogP contribution in [0.4, 0.5) is 5.69 Å². The first kappa shape index (κ1) is 14.4. The maximum Gasteiger partial charge on any atom is 0.316 e. The fourth-order valence-electron chi connectivity index (χ4n) is 1.54. The minimum atomic E-state index is -1.07. The second-order valence-electron chi connectivity index (χ2n) is 3.18. The number of benzene rings is 1. The Morgan fingerprint density at radius 1 is 1.38 bits per heavy atom. The second kappa shape index (κ2) is 5.48. The number of carboxylic acid groups (broad SMARTS) is 1. The number of fused-ring (bicyclic) bond motifs is 1. The van der Waals surface area contributed by atoms with E-state index < -0.39 is 11.9 Å². The van der Waals surface area contributed by atoms with Gasteiger partial charge in [0.15, 0.2) is 5.78 Å². The lowest BCUT2D eigenvalue weighted by molar-refractivity contribution is -0.139. The van der Waals surface area contributed by atoms with Crippen molar-refractivity contribution in [3.63, 3.8) is 0 Å². The van der Waals surface area contributed by atoms with E-state index in [1.54, 1.807) is 24.3 Å². The molecule has 0 fully saturated rings. The van der Waals surface area contributed by atoms with Crippen LogP contribution in [0.2, 0.25) is 0 Å². The number of Topliss-reactive ketones (excluding diaryl/α,β-unsaturated/α-hetero) is 1. The SMILES string of the molecule is Cl.O.O=C(O)C1CNc2ccccc2C1=O. The van der Waals surface area contributed by atoms with E-state index >= 15 is 0 Å². The molecule has 0 radical (unpaired) electrons. The number of hydrogen-bond donors (Lipinski definition) is 2. The van der Waals surface area contributed by atoms with Gasteiger partial charge in [-0.2, -0.15) is 0 Å². The Bertz CT molecular complexity index is 408. The summed E-state index contributed by atoms with van der Waals surface area (Å²) in [4.78, 5) is 22.4. The van der Waals surface area contributed by atoms with E-state index in [2.05, 4.69) is 5.32 Å². The molecule has 0 saturated heterocycles. The van der Waals surface area contributed by atoms with Crippen LogP contribution in [0.25, 0.3) is 0 Å². The molecule has 1 aromatic carbocycles. The van der Waals surface area contributed by atoms with Gasteiger partial charge < -0.3 is 15.9 Å². The molecular formula is C10H12ClNO4. The number of hydrogen-bond acceptors (Lipinski definition) is 3. The molecule has 1 unspecified atom stereocenters. The molecular weight excluding hydrogens is 234 g/mol. The van der Waals surface area contributed by atoms with E-state index in [-0.39, 0.29) is 30.2 Å². The van der Waals surface area contributed by atoms with Crippen molar-refractivity contribution < 1.29 is 20.2 Å². The van der Waals surface area contributed by atoms with Crippen molar-refractivity contribution in [1.82, 2.24) is 0 Å². The summed E-state index contributed by atoms with van der Waals surface area (Å²) in [6, 6.07) is 6.94. The summed E-state index contributed by atoms with van der Waals surface area (Å²) in [7, 11) is 0. The number of carboxylic acids is 1. The van der Waals surface area contributed by atoms with Crippen LogP contribution in [-0.2, 0) is 4.79 Å². The summed E-state index contributed by atoms with van der Waals surface area (Å²) >= 11 is 0. The molecule has 1 aliphatic heterocycles. The molecule has 0 aliphatic carbocycles. The van der Waals surface area contributed by atoms with E-state index in [4.69, 9.17) is 5.11 Å². The van der Waals surface area contributed by atoms with Crippen LogP contribution in [0.15, 0.2) is 24.3 Å². The van der Waals surface area contributed by atoms with Crippen LogP contribution in [0.5, 0.6) is 0 Å². The number of halogens is 1. The zero-order valence-electron chi connectivity index (χ0n) is 8.27. The summed E-state index contributed by atoms with van der Waals surface area (Å²) in [6.07, 6.45) is 0. The lowest BCUT2D eigenvalue weighted by Crippen LogP contribution is -2.35. The predicted molar refractivity (Wildman–Crippen MR) is 61.2 cm³/mol. The van der Waals surface area contributed by atoms with Crippen molar-refractivity contribution in [2.45, 2.75) is 0 Å². The standard InChI is InChI=1S/C10H9NO3.ClH.H2O/c12-9-6-3-1-2-4-8(6)11-5-7(9)10(13)14;;/h1-4,7,11H,5H2,(H,13,14);1H;1H2. The summed E-state index contributed by atoms with van der Waals surface area (Å²) in [5.41, 5.74) is 1.18. The molecule has 1 heterocycles. The Morgan fingerprint density at radius 2 is 2.00 bits per heavy atom. The van der Waals surface area contributed by atoms with Gasteiger partial charge in [0, 0.05) is 17.8 Å². The number of anilines is 1. The average molecular weight is 246 g/mol. The minimum absolute atomic E-state index is 0. The first-order valence-corrected chi connectivity index (χ1v) is 4.30. The fourth-order valence-corrected chi connectivity index (χ4v) is 1.54. The maximum absolute atomic E-state index is 11.6. The molecule has 6 heteroatoms. The van der Waals surface area contributed by atoms with Gasteiger partial charge >= 0.3 is 5.97 Å². The lowest BCUT2D eigenvalue weighted by atomic mass is 9.93. The summed E-state index contributed by atoms with van der Waals surface area (Å²) in [5, 5.41) is 11.7. The van der Waals surface area contributed by atoms with E-state index in [0.717, 1.165) is 5.69 Å². The summed E-state index contributed by atoms with van der Waals surface area (Å²) in [6.45, 7) is 0.172. The Labute approximate surface area is 98.2 Å². The van der Waals surface area contributed by atoms with Crippen molar-refractivity contribution in [2.75, 3.05) is 11.9 Å². The van der Waals surface area contributed by atoms with Gasteiger partial charge in [-0.3, -0.25) is 9.59 Å². The van der Waals surface area contributed by atoms with Gasteiger partial charge in [0.1, 0.15) is 5.92 Å². The molecule has 1 aromatic rings. The van der Waals surface area contributed by atoms with Crippen LogP contribution in [0.3, 0.4) is 0 Å². The van der Waals surface area contributed by atoms with Crippen LogP contribution in [0.1, 0.15) is 10.4 Å². The summed E-state index contributed by atoms with van der Waals surface area (Å²) in [5.74, 6) is -2.34. The Balaban J connectivity index is 0.00000112. The highest BCUT2D eigenvalue weighted by atomic mass is 35.5. The molecule has 1 aliphatic rings. The number of aliphatic carboxylic acids is 1. The third-order valence-electron chi connectivity index (χ3n) is 2.30. The fraction of sp³-hybridized carbons (Fsp3) is 0.200. The quantitative estimate of drug-likeness (QED) is 0.708. The summed E-state index contributed by atoms with van der Waals surface area (Å²) < 4.78 is 0. The van der Waals surface area contributed by atoms with Crippen LogP contribution in [-0.4, -0.2) is 28.9 Å². The predicted octanol–water partition coefficient (Wildman–Crippen LogP) is 0.593. The number of carbonyl (C=O) groups is 2. The number of rotatable bonds is 1. The van der Waals surface area contributed by atoms with Crippen LogP contribution >= 0.6 is 12.4 Å². The number of ketones is 1. The van der Waals surface area contributed by atoms with Crippen LogP contribution < -0.4 is 5.32 Å². The van der Waals surface area contributed by atoms with Crippen LogP contribution in [0, 0.1) is 5.92 Å². The van der Waals surface area contributed by atoms with E-state index in [1.807, 2.05) is 0 Å². The van der Waals surface area contributed by atoms with E-state index in [1.165, 1.54) is 0 Å². The Kier molecular flexibility index (Phi) is 4.94. The van der Waals surface area contributed by atoms with Gasteiger partial charge in [-0.05, 0) is 12.1 Å². The molecule has 1 atom stereocenters. The molecule has 5 nitrogen and oxygen atoms in total. The molecule has 0 spiro atoms. The Morgan fingerprint density at radius 3 is 2.62 bits per heavy atom. The van der Waals surface area contributed by atoms with Gasteiger partial charge in [-0.15, -0.1) is 12.4 Å². The van der Waals surface area contributed by atoms with Gasteiger partial charge in [-0.25, -0.2) is 0 Å².